The lowest BCUT2D eigenvalue weighted by Crippen LogP contribution is -2.17. The van der Waals surface area contributed by atoms with Crippen LogP contribution in [0.15, 0.2) is 55.0 Å². The molecule has 4 rings (SSSR count). The third kappa shape index (κ3) is 2.55. The molecule has 1 amide bonds. The van der Waals surface area contributed by atoms with E-state index in [0.717, 1.165) is 28.3 Å². The predicted molar refractivity (Wildman–Crippen MR) is 93.7 cm³/mol. The van der Waals surface area contributed by atoms with E-state index in [0.29, 0.717) is 5.56 Å². The zero-order chi connectivity index (χ0) is 17.4. The molecule has 7 heteroatoms. The number of amides is 1. The topological polar surface area (TPSA) is 77.1 Å². The molecule has 124 valence electrons. The van der Waals surface area contributed by atoms with Crippen LogP contribution >= 0.6 is 0 Å². The first-order valence-electron chi connectivity index (χ1n) is 7.85. The van der Waals surface area contributed by atoms with Gasteiger partial charge in [0, 0.05) is 24.5 Å². The highest BCUT2D eigenvalue weighted by Crippen LogP contribution is 2.24. The van der Waals surface area contributed by atoms with Gasteiger partial charge < -0.3 is 5.32 Å². The fourth-order valence-electron chi connectivity index (χ4n) is 2.80. The van der Waals surface area contributed by atoms with Gasteiger partial charge in [-0.05, 0) is 37.3 Å². The van der Waals surface area contributed by atoms with Crippen LogP contribution in [0.3, 0.4) is 0 Å². The number of carbonyl (C=O) groups is 1. The molecular weight excluding hydrogens is 316 g/mol. The number of carbonyl (C=O) groups excluding carboxylic acids is 1. The Balaban J connectivity index is 1.86. The van der Waals surface area contributed by atoms with Crippen LogP contribution < -0.4 is 5.32 Å². The van der Waals surface area contributed by atoms with E-state index >= 15 is 0 Å². The van der Waals surface area contributed by atoms with E-state index in [4.69, 9.17) is 0 Å². The number of hydrogen-bond donors (Lipinski definition) is 1. The summed E-state index contributed by atoms with van der Waals surface area (Å²) in [6.07, 6.45) is 5.13. The number of nitrogens with zero attached hydrogens (tertiary/aromatic N) is 5. The van der Waals surface area contributed by atoms with Crippen LogP contribution in [-0.4, -0.2) is 37.3 Å². The van der Waals surface area contributed by atoms with E-state index in [-0.39, 0.29) is 5.91 Å². The van der Waals surface area contributed by atoms with Gasteiger partial charge in [-0.2, -0.15) is 10.2 Å². The highest BCUT2D eigenvalue weighted by atomic mass is 16.1. The first-order valence-corrected chi connectivity index (χ1v) is 7.85. The molecule has 4 aromatic heterocycles. The second kappa shape index (κ2) is 5.86. The van der Waals surface area contributed by atoms with Gasteiger partial charge in [0.1, 0.15) is 0 Å². The summed E-state index contributed by atoms with van der Waals surface area (Å²) in [6, 6.07) is 11.6. The molecule has 25 heavy (non-hydrogen) atoms. The van der Waals surface area contributed by atoms with Crippen molar-refractivity contribution in [2.45, 2.75) is 6.92 Å². The Morgan fingerprint density at radius 3 is 2.84 bits per heavy atom. The highest BCUT2D eigenvalue weighted by Gasteiger charge is 2.14. The Labute approximate surface area is 143 Å². The Morgan fingerprint density at radius 1 is 1.16 bits per heavy atom. The maximum Gasteiger partial charge on any atom is 0.254 e. The SMILES string of the molecule is CNC(=O)c1cnn2ccc(-c3ccnn3-c3cccc(C)n3)cc12. The van der Waals surface area contributed by atoms with Gasteiger partial charge in [-0.15, -0.1) is 0 Å². The van der Waals surface area contributed by atoms with Crippen LogP contribution in [0.2, 0.25) is 0 Å². The van der Waals surface area contributed by atoms with Crippen LogP contribution in [0.5, 0.6) is 0 Å². The minimum Gasteiger partial charge on any atom is -0.355 e. The van der Waals surface area contributed by atoms with Crippen molar-refractivity contribution in [2.24, 2.45) is 0 Å². The molecule has 7 nitrogen and oxygen atoms in total. The molecule has 0 aliphatic rings. The number of aromatic nitrogens is 5. The molecule has 0 saturated carbocycles. The molecule has 0 unspecified atom stereocenters. The zero-order valence-corrected chi connectivity index (χ0v) is 13.8. The largest absolute Gasteiger partial charge is 0.355 e. The average Bonchev–Trinajstić information content (AvgIpc) is 3.27. The summed E-state index contributed by atoms with van der Waals surface area (Å²) in [4.78, 5) is 16.6. The first kappa shape index (κ1) is 15.1. The standard InChI is InChI=1S/C18H16N6O/c1-12-4-3-5-17(22-12)24-15(6-8-20-24)13-7-9-23-16(10-13)14(11-21-23)18(25)19-2/h3-11H,1-2H3,(H,19,25). The van der Waals surface area contributed by atoms with Gasteiger partial charge in [-0.3, -0.25) is 4.79 Å². The highest BCUT2D eigenvalue weighted by molar-refractivity contribution is 6.00. The number of pyridine rings is 2. The summed E-state index contributed by atoms with van der Waals surface area (Å²) >= 11 is 0. The lowest BCUT2D eigenvalue weighted by Gasteiger charge is -2.08. The lowest BCUT2D eigenvalue weighted by molar-refractivity contribution is 0.0964. The smallest absolute Gasteiger partial charge is 0.254 e. The molecule has 4 heterocycles. The molecular formula is C18H16N6O. The second-order valence-corrected chi connectivity index (χ2v) is 5.65. The zero-order valence-electron chi connectivity index (χ0n) is 13.8. The van der Waals surface area contributed by atoms with Gasteiger partial charge in [-0.25, -0.2) is 14.2 Å². The van der Waals surface area contributed by atoms with Crippen molar-refractivity contribution < 1.29 is 4.79 Å². The number of fused-ring (bicyclic) bond motifs is 1. The Kier molecular flexibility index (Phi) is 3.53. The Morgan fingerprint density at radius 2 is 2.04 bits per heavy atom. The summed E-state index contributed by atoms with van der Waals surface area (Å²) in [5.74, 6) is 0.584. The Bertz CT molecular complexity index is 1080. The number of rotatable bonds is 3. The lowest BCUT2D eigenvalue weighted by atomic mass is 10.1. The monoisotopic (exact) mass is 332 g/mol. The predicted octanol–water partition coefficient (Wildman–Crippen LogP) is 2.25. The normalized spacial score (nSPS) is 11.0. The fraction of sp³-hybridized carbons (Fsp3) is 0.111. The summed E-state index contributed by atoms with van der Waals surface area (Å²) in [5.41, 5.74) is 4.02. The summed E-state index contributed by atoms with van der Waals surface area (Å²) in [6.45, 7) is 1.95. The van der Waals surface area contributed by atoms with Gasteiger partial charge in [0.25, 0.3) is 5.91 Å². The van der Waals surface area contributed by atoms with Gasteiger partial charge in [0.2, 0.25) is 0 Å². The Hall–Kier alpha value is -3.48. The minimum absolute atomic E-state index is 0.166. The molecule has 4 aromatic rings. The van der Waals surface area contributed by atoms with Crippen molar-refractivity contribution in [3.8, 4) is 17.1 Å². The second-order valence-electron chi connectivity index (χ2n) is 5.65. The van der Waals surface area contributed by atoms with Gasteiger partial charge in [0.15, 0.2) is 5.82 Å². The van der Waals surface area contributed by atoms with E-state index in [1.165, 1.54) is 0 Å². The molecule has 0 fully saturated rings. The molecule has 0 spiro atoms. The molecule has 0 aliphatic carbocycles. The van der Waals surface area contributed by atoms with E-state index in [1.54, 1.807) is 28.6 Å². The molecule has 0 bridgehead atoms. The number of nitrogens with one attached hydrogen (secondary N) is 1. The summed E-state index contributed by atoms with van der Waals surface area (Å²) in [7, 11) is 1.61. The molecule has 0 atom stereocenters. The van der Waals surface area contributed by atoms with Crippen LogP contribution in [0.4, 0.5) is 0 Å². The average molecular weight is 332 g/mol. The third-order valence-electron chi connectivity index (χ3n) is 4.02. The maximum absolute atomic E-state index is 12.0. The van der Waals surface area contributed by atoms with E-state index in [1.807, 2.05) is 49.5 Å². The summed E-state index contributed by atoms with van der Waals surface area (Å²) < 4.78 is 3.47. The van der Waals surface area contributed by atoms with Crippen molar-refractivity contribution >= 4 is 11.4 Å². The van der Waals surface area contributed by atoms with Crippen LogP contribution in [0, 0.1) is 6.92 Å². The quantitative estimate of drug-likeness (QED) is 0.624. The van der Waals surface area contributed by atoms with Crippen molar-refractivity contribution in [1.29, 1.82) is 0 Å². The van der Waals surface area contributed by atoms with Crippen molar-refractivity contribution in [2.75, 3.05) is 7.05 Å². The summed E-state index contributed by atoms with van der Waals surface area (Å²) in [5, 5.41) is 11.3. The number of aryl methyl sites for hydroxylation is 1. The van der Waals surface area contributed by atoms with Gasteiger partial charge in [-0.1, -0.05) is 6.07 Å². The molecule has 1 N–H and O–H groups in total. The van der Waals surface area contributed by atoms with E-state index < -0.39 is 0 Å². The maximum atomic E-state index is 12.0. The van der Waals surface area contributed by atoms with Crippen molar-refractivity contribution in [3.63, 3.8) is 0 Å². The molecule has 0 saturated heterocycles. The van der Waals surface area contributed by atoms with Crippen LogP contribution in [0.25, 0.3) is 22.6 Å². The van der Waals surface area contributed by atoms with Crippen LogP contribution in [0.1, 0.15) is 16.1 Å². The molecule has 0 aliphatic heterocycles. The van der Waals surface area contributed by atoms with Crippen LogP contribution in [-0.2, 0) is 0 Å². The minimum atomic E-state index is -0.166. The van der Waals surface area contributed by atoms with Crippen molar-refractivity contribution in [3.05, 3.63) is 66.2 Å². The van der Waals surface area contributed by atoms with E-state index in [9.17, 15) is 4.79 Å². The molecule has 0 aromatic carbocycles. The van der Waals surface area contributed by atoms with Gasteiger partial charge >= 0.3 is 0 Å². The third-order valence-corrected chi connectivity index (χ3v) is 4.02. The van der Waals surface area contributed by atoms with Gasteiger partial charge in [0.05, 0.1) is 29.2 Å². The molecule has 0 radical (unpaired) electrons. The van der Waals surface area contributed by atoms with E-state index in [2.05, 4.69) is 20.5 Å². The number of hydrogen-bond acceptors (Lipinski definition) is 4. The first-order chi connectivity index (χ1) is 12.2. The fourth-order valence-corrected chi connectivity index (χ4v) is 2.80. The van der Waals surface area contributed by atoms with Crippen molar-refractivity contribution in [1.82, 2.24) is 29.7 Å².